The summed E-state index contributed by atoms with van der Waals surface area (Å²) in [5.74, 6) is -0.525. The van der Waals surface area contributed by atoms with Gasteiger partial charge in [0.1, 0.15) is 5.82 Å². The molecule has 0 aliphatic carbocycles. The maximum absolute atomic E-state index is 13.2. The van der Waals surface area contributed by atoms with Crippen LogP contribution in [0, 0.1) is 16.3 Å². The van der Waals surface area contributed by atoms with Gasteiger partial charge in [0.05, 0.1) is 5.69 Å². The van der Waals surface area contributed by atoms with E-state index in [1.165, 1.54) is 12.1 Å². The summed E-state index contributed by atoms with van der Waals surface area (Å²) in [5, 5.41) is 0. The molecular weight excluding hydrogens is 324 g/mol. The number of guanidine groups is 2. The second-order valence-electron chi connectivity index (χ2n) is 3.01. The number of nitrogens with two attached hydrogens (primary N) is 3. The maximum Gasteiger partial charge on any atom is 0.223 e. The Balaban J connectivity index is 3.17. The Labute approximate surface area is 106 Å². The van der Waals surface area contributed by atoms with Gasteiger partial charge < -0.3 is 17.2 Å². The van der Waals surface area contributed by atoms with E-state index in [9.17, 15) is 4.39 Å². The number of benzene rings is 1. The van der Waals surface area contributed by atoms with Crippen LogP contribution in [0.5, 0.6) is 0 Å². The Morgan fingerprint density at radius 1 is 1.31 bits per heavy atom. The van der Waals surface area contributed by atoms with Gasteiger partial charge in [-0.25, -0.2) is 9.38 Å². The summed E-state index contributed by atoms with van der Waals surface area (Å²) < 4.78 is 13.8. The topological polar surface area (TPSA) is 103 Å². The lowest BCUT2D eigenvalue weighted by Gasteiger charge is -2.03. The zero-order chi connectivity index (χ0) is 12.3. The lowest BCUT2D eigenvalue weighted by molar-refractivity contribution is 0.617. The fourth-order valence-electron chi connectivity index (χ4n) is 1.01. The molecule has 0 aliphatic heterocycles. The van der Waals surface area contributed by atoms with Crippen LogP contribution in [-0.2, 0) is 0 Å². The average Bonchev–Trinajstić information content (AvgIpc) is 2.18. The first kappa shape index (κ1) is 12.7. The van der Waals surface area contributed by atoms with Crippen LogP contribution in [0.1, 0.15) is 5.56 Å². The molecule has 6 N–H and O–H groups in total. The van der Waals surface area contributed by atoms with Crippen LogP contribution in [-0.4, -0.2) is 11.9 Å². The van der Waals surface area contributed by atoms with Gasteiger partial charge in [-0.3, -0.25) is 0 Å². The molecule has 86 valence electrons. The molecule has 5 nitrogen and oxygen atoms in total. The molecule has 1 aromatic rings. The largest absolute Gasteiger partial charge is 0.370 e. The molecule has 0 heterocycles. The molecule has 0 unspecified atom stereocenters. The quantitative estimate of drug-likeness (QED) is 0.405. The first-order valence-corrected chi connectivity index (χ1v) is 5.38. The molecule has 0 radical (unpaired) electrons. The van der Waals surface area contributed by atoms with Crippen molar-refractivity contribution in [2.75, 3.05) is 0 Å². The van der Waals surface area contributed by atoms with Crippen LogP contribution in [0.25, 0.3) is 0 Å². The molecule has 0 spiro atoms. The first-order chi connectivity index (χ1) is 7.41. The molecule has 0 bridgehead atoms. The van der Waals surface area contributed by atoms with E-state index in [0.29, 0.717) is 14.8 Å². The van der Waals surface area contributed by atoms with Crippen molar-refractivity contribution in [2.45, 2.75) is 6.92 Å². The minimum absolute atomic E-state index is 0.0658. The molecule has 0 aromatic heterocycles. The number of aliphatic imine (C=N–C) groups is 2. The van der Waals surface area contributed by atoms with Gasteiger partial charge in [-0.1, -0.05) is 0 Å². The molecule has 0 saturated heterocycles. The minimum Gasteiger partial charge on any atom is -0.370 e. The molecule has 0 aliphatic rings. The van der Waals surface area contributed by atoms with E-state index >= 15 is 0 Å². The molecule has 1 rings (SSSR count). The van der Waals surface area contributed by atoms with Crippen molar-refractivity contribution < 1.29 is 4.39 Å². The van der Waals surface area contributed by atoms with Crippen molar-refractivity contribution in [1.82, 2.24) is 0 Å². The normalized spacial score (nSPS) is 11.3. The van der Waals surface area contributed by atoms with Gasteiger partial charge in [-0.05, 0) is 41.6 Å². The number of nitrogens with zero attached hydrogens (tertiary/aromatic N) is 2. The second kappa shape index (κ2) is 5.10. The highest BCUT2D eigenvalue weighted by atomic mass is 127. The summed E-state index contributed by atoms with van der Waals surface area (Å²) in [5.41, 5.74) is 16.8. The van der Waals surface area contributed by atoms with Gasteiger partial charge in [0, 0.05) is 9.13 Å². The molecule has 7 heteroatoms. The minimum atomic E-state index is -0.288. The highest BCUT2D eigenvalue weighted by Crippen LogP contribution is 2.26. The van der Waals surface area contributed by atoms with Gasteiger partial charge in [0.2, 0.25) is 5.96 Å². The van der Waals surface area contributed by atoms with E-state index in [0.717, 1.165) is 0 Å². The predicted octanol–water partition coefficient (Wildman–Crippen LogP) is 0.958. The fourth-order valence-corrected chi connectivity index (χ4v) is 1.57. The SMILES string of the molecule is Cc1c(F)ccc(N=C(N)N=C(N)N)c1I. The number of rotatable bonds is 1. The molecular formula is C9H11FIN5. The molecule has 0 amide bonds. The van der Waals surface area contributed by atoms with Crippen LogP contribution in [0.2, 0.25) is 0 Å². The summed E-state index contributed by atoms with van der Waals surface area (Å²) in [6, 6.07) is 2.83. The maximum atomic E-state index is 13.2. The third-order valence-corrected chi connectivity index (χ3v) is 3.14. The van der Waals surface area contributed by atoms with Crippen molar-refractivity contribution >= 4 is 40.2 Å². The van der Waals surface area contributed by atoms with Crippen molar-refractivity contribution in [3.8, 4) is 0 Å². The van der Waals surface area contributed by atoms with Crippen LogP contribution in [0.3, 0.4) is 0 Å². The number of hydrogen-bond acceptors (Lipinski definition) is 1. The number of hydrogen-bond donors (Lipinski definition) is 3. The van der Waals surface area contributed by atoms with Gasteiger partial charge in [0.15, 0.2) is 5.96 Å². The van der Waals surface area contributed by atoms with Crippen molar-refractivity contribution in [3.63, 3.8) is 0 Å². The Bertz CT molecular complexity index is 465. The molecule has 0 fully saturated rings. The van der Waals surface area contributed by atoms with E-state index in [-0.39, 0.29) is 17.7 Å². The predicted molar refractivity (Wildman–Crippen MR) is 70.9 cm³/mol. The summed E-state index contributed by atoms with van der Waals surface area (Å²) in [7, 11) is 0. The van der Waals surface area contributed by atoms with E-state index < -0.39 is 0 Å². The monoisotopic (exact) mass is 335 g/mol. The fraction of sp³-hybridized carbons (Fsp3) is 0.111. The Kier molecular flexibility index (Phi) is 4.05. The van der Waals surface area contributed by atoms with Crippen LogP contribution >= 0.6 is 22.6 Å². The zero-order valence-corrected chi connectivity index (χ0v) is 10.7. The summed E-state index contributed by atoms with van der Waals surface area (Å²) in [4.78, 5) is 7.54. The van der Waals surface area contributed by atoms with Crippen LogP contribution < -0.4 is 17.2 Å². The zero-order valence-electron chi connectivity index (χ0n) is 8.54. The molecule has 0 atom stereocenters. The van der Waals surface area contributed by atoms with E-state index in [2.05, 4.69) is 9.98 Å². The van der Waals surface area contributed by atoms with E-state index in [1.807, 2.05) is 22.6 Å². The van der Waals surface area contributed by atoms with Gasteiger partial charge in [0.25, 0.3) is 0 Å². The van der Waals surface area contributed by atoms with Gasteiger partial charge in [-0.15, -0.1) is 0 Å². The third kappa shape index (κ3) is 3.05. The lowest BCUT2D eigenvalue weighted by atomic mass is 10.2. The molecule has 16 heavy (non-hydrogen) atoms. The summed E-state index contributed by atoms with van der Waals surface area (Å²) >= 11 is 1.98. The Morgan fingerprint density at radius 2 is 1.94 bits per heavy atom. The van der Waals surface area contributed by atoms with Crippen molar-refractivity contribution in [1.29, 1.82) is 0 Å². The van der Waals surface area contributed by atoms with Crippen molar-refractivity contribution in [3.05, 3.63) is 27.1 Å². The first-order valence-electron chi connectivity index (χ1n) is 4.30. The Morgan fingerprint density at radius 3 is 2.50 bits per heavy atom. The Hall–Kier alpha value is -1.38. The van der Waals surface area contributed by atoms with Crippen LogP contribution in [0.15, 0.2) is 22.1 Å². The van der Waals surface area contributed by atoms with Crippen LogP contribution in [0.4, 0.5) is 10.1 Å². The molecule has 1 aromatic carbocycles. The van der Waals surface area contributed by atoms with Gasteiger partial charge in [-0.2, -0.15) is 4.99 Å². The second-order valence-corrected chi connectivity index (χ2v) is 4.09. The lowest BCUT2D eigenvalue weighted by Crippen LogP contribution is -2.26. The van der Waals surface area contributed by atoms with E-state index in [1.54, 1.807) is 6.92 Å². The standard InChI is InChI=1S/C9H11FIN5/c1-4-5(10)2-3-6(7(4)11)15-9(14)16-8(12)13/h2-3H,1H3,(H6,12,13,14,15,16). The summed E-state index contributed by atoms with van der Waals surface area (Å²) in [6.07, 6.45) is 0. The number of halogens is 2. The smallest absolute Gasteiger partial charge is 0.223 e. The van der Waals surface area contributed by atoms with E-state index in [4.69, 9.17) is 17.2 Å². The van der Waals surface area contributed by atoms with Crippen molar-refractivity contribution in [2.24, 2.45) is 27.2 Å². The average molecular weight is 335 g/mol. The highest BCUT2D eigenvalue weighted by molar-refractivity contribution is 14.1. The highest BCUT2D eigenvalue weighted by Gasteiger charge is 2.06. The third-order valence-electron chi connectivity index (χ3n) is 1.78. The summed E-state index contributed by atoms with van der Waals surface area (Å²) in [6.45, 7) is 1.66. The molecule has 0 saturated carbocycles. The van der Waals surface area contributed by atoms with Gasteiger partial charge >= 0.3 is 0 Å².